The van der Waals surface area contributed by atoms with Gasteiger partial charge in [-0.2, -0.15) is 0 Å². The number of ether oxygens (including phenoxy) is 1. The van der Waals surface area contributed by atoms with Crippen molar-refractivity contribution < 1.29 is 9.53 Å². The first kappa shape index (κ1) is 10.8. The van der Waals surface area contributed by atoms with Gasteiger partial charge in [0.15, 0.2) is 5.78 Å². The van der Waals surface area contributed by atoms with Gasteiger partial charge in [-0.1, -0.05) is 6.07 Å². The average molecular weight is 233 g/mol. The number of rotatable bonds is 4. The van der Waals surface area contributed by atoms with Crippen LogP contribution < -0.4 is 4.74 Å². The van der Waals surface area contributed by atoms with Crippen molar-refractivity contribution >= 4 is 17.1 Å². The summed E-state index contributed by atoms with van der Waals surface area (Å²) in [6, 6.07) is 5.59. The molecule has 0 aromatic carbocycles. The molecule has 2 aromatic heterocycles. The maximum absolute atomic E-state index is 12.0. The topological polar surface area (TPSA) is 39.2 Å². The lowest BCUT2D eigenvalue weighted by Gasteiger charge is -2.05. The fourth-order valence-electron chi connectivity index (χ4n) is 1.44. The molecule has 0 fully saturated rings. The minimum Gasteiger partial charge on any atom is -0.494 e. The van der Waals surface area contributed by atoms with Gasteiger partial charge in [0, 0.05) is 17.5 Å². The zero-order chi connectivity index (χ0) is 11.4. The van der Waals surface area contributed by atoms with Gasteiger partial charge in [0.1, 0.15) is 5.75 Å². The second-order valence-electron chi connectivity index (χ2n) is 3.26. The fourth-order valence-corrected chi connectivity index (χ4v) is 2.14. The van der Waals surface area contributed by atoms with Gasteiger partial charge in [-0.25, -0.2) is 0 Å². The predicted molar refractivity (Wildman–Crippen MR) is 63.1 cm³/mol. The number of Topliss-reactive ketones (excluding diaryl/α,β-unsaturated/α-hetero) is 1. The van der Waals surface area contributed by atoms with E-state index in [1.54, 1.807) is 36.9 Å². The summed E-state index contributed by atoms with van der Waals surface area (Å²) < 4.78 is 5.11. The van der Waals surface area contributed by atoms with E-state index in [0.717, 1.165) is 4.88 Å². The Labute approximate surface area is 97.7 Å². The molecule has 0 bridgehead atoms. The van der Waals surface area contributed by atoms with Gasteiger partial charge in [0.2, 0.25) is 0 Å². The van der Waals surface area contributed by atoms with Crippen molar-refractivity contribution in [2.45, 2.75) is 6.42 Å². The molecule has 0 N–H and O–H groups in total. The number of methoxy groups -OCH3 is 1. The largest absolute Gasteiger partial charge is 0.494 e. The van der Waals surface area contributed by atoms with Gasteiger partial charge in [0.25, 0.3) is 0 Å². The van der Waals surface area contributed by atoms with Gasteiger partial charge in [-0.05, 0) is 17.5 Å². The molecule has 0 saturated heterocycles. The highest BCUT2D eigenvalue weighted by Crippen LogP contribution is 2.19. The molecular formula is C12H11NO2S. The first-order valence-electron chi connectivity index (χ1n) is 4.85. The number of carbonyl (C=O) groups is 1. The molecule has 4 heteroatoms. The number of nitrogens with zero attached hydrogens (tertiary/aromatic N) is 1. The lowest BCUT2D eigenvalue weighted by atomic mass is 10.1. The summed E-state index contributed by atoms with van der Waals surface area (Å²) in [6.07, 6.45) is 3.57. The third-order valence-electron chi connectivity index (χ3n) is 2.22. The average Bonchev–Trinajstić information content (AvgIpc) is 2.81. The highest BCUT2D eigenvalue weighted by molar-refractivity contribution is 7.10. The summed E-state index contributed by atoms with van der Waals surface area (Å²) >= 11 is 1.58. The summed E-state index contributed by atoms with van der Waals surface area (Å²) in [7, 11) is 1.54. The van der Waals surface area contributed by atoms with Crippen LogP contribution >= 0.6 is 11.3 Å². The number of pyridine rings is 1. The monoisotopic (exact) mass is 233 g/mol. The molecule has 82 valence electrons. The zero-order valence-corrected chi connectivity index (χ0v) is 9.66. The zero-order valence-electron chi connectivity index (χ0n) is 8.84. The molecule has 0 aliphatic heterocycles. The summed E-state index contributed by atoms with van der Waals surface area (Å²) in [4.78, 5) is 17.0. The first-order chi connectivity index (χ1) is 7.81. The van der Waals surface area contributed by atoms with Gasteiger partial charge in [0.05, 0.1) is 18.9 Å². The number of hydrogen-bond donors (Lipinski definition) is 0. The number of aromatic nitrogens is 1. The van der Waals surface area contributed by atoms with Gasteiger partial charge >= 0.3 is 0 Å². The Morgan fingerprint density at radius 3 is 3.06 bits per heavy atom. The Balaban J connectivity index is 2.21. The van der Waals surface area contributed by atoms with Crippen LogP contribution in [0.2, 0.25) is 0 Å². The fraction of sp³-hybridized carbons (Fsp3) is 0.167. The van der Waals surface area contributed by atoms with Crippen molar-refractivity contribution in [2.24, 2.45) is 0 Å². The molecule has 0 aliphatic carbocycles. The van der Waals surface area contributed by atoms with Crippen LogP contribution in [-0.4, -0.2) is 17.9 Å². The Bertz CT molecular complexity index is 480. The standard InChI is InChI=1S/C12H11NO2S/c1-15-12-8-13-5-4-10(12)11(14)7-9-3-2-6-16-9/h2-6,8H,7H2,1H3. The molecule has 2 heterocycles. The van der Waals surface area contributed by atoms with Gasteiger partial charge in [-0.15, -0.1) is 11.3 Å². The first-order valence-corrected chi connectivity index (χ1v) is 5.73. The number of hydrogen-bond acceptors (Lipinski definition) is 4. The normalized spacial score (nSPS) is 10.1. The summed E-state index contributed by atoms with van der Waals surface area (Å²) in [5, 5.41) is 1.96. The van der Waals surface area contributed by atoms with Crippen LogP contribution in [0.3, 0.4) is 0 Å². The van der Waals surface area contributed by atoms with E-state index in [1.807, 2.05) is 17.5 Å². The summed E-state index contributed by atoms with van der Waals surface area (Å²) in [6.45, 7) is 0. The van der Waals surface area contributed by atoms with Gasteiger partial charge < -0.3 is 4.74 Å². The minimum atomic E-state index is 0.0571. The van der Waals surface area contributed by atoms with Crippen LogP contribution in [-0.2, 0) is 6.42 Å². The maximum Gasteiger partial charge on any atom is 0.171 e. The molecule has 2 rings (SSSR count). The van der Waals surface area contributed by atoms with E-state index in [1.165, 1.54) is 0 Å². The van der Waals surface area contributed by atoms with Crippen molar-refractivity contribution in [3.05, 3.63) is 46.4 Å². The van der Waals surface area contributed by atoms with Gasteiger partial charge in [-0.3, -0.25) is 9.78 Å². The van der Waals surface area contributed by atoms with Crippen molar-refractivity contribution in [3.63, 3.8) is 0 Å². The van der Waals surface area contributed by atoms with Crippen molar-refractivity contribution in [2.75, 3.05) is 7.11 Å². The number of carbonyl (C=O) groups excluding carboxylic acids is 1. The maximum atomic E-state index is 12.0. The van der Waals surface area contributed by atoms with Crippen molar-refractivity contribution in [1.29, 1.82) is 0 Å². The van der Waals surface area contributed by atoms with E-state index in [9.17, 15) is 4.79 Å². The molecular weight excluding hydrogens is 222 g/mol. The highest BCUT2D eigenvalue weighted by atomic mass is 32.1. The van der Waals surface area contributed by atoms with E-state index in [2.05, 4.69) is 4.98 Å². The smallest absolute Gasteiger partial charge is 0.171 e. The Morgan fingerprint density at radius 2 is 2.38 bits per heavy atom. The molecule has 0 radical (unpaired) electrons. The lowest BCUT2D eigenvalue weighted by Crippen LogP contribution is -2.05. The van der Waals surface area contributed by atoms with Crippen LogP contribution in [0.15, 0.2) is 36.0 Å². The third-order valence-corrected chi connectivity index (χ3v) is 3.10. The SMILES string of the molecule is COc1cnccc1C(=O)Cc1cccs1. The summed E-state index contributed by atoms with van der Waals surface area (Å²) in [5.41, 5.74) is 0.589. The molecule has 0 saturated carbocycles. The predicted octanol–water partition coefficient (Wildman–Crippen LogP) is 2.58. The Kier molecular flexibility index (Phi) is 3.31. The Hall–Kier alpha value is -1.68. The molecule has 2 aromatic rings. The van der Waals surface area contributed by atoms with Crippen LogP contribution in [0.5, 0.6) is 5.75 Å². The van der Waals surface area contributed by atoms with E-state index in [-0.39, 0.29) is 5.78 Å². The minimum absolute atomic E-state index is 0.0571. The van der Waals surface area contributed by atoms with E-state index in [4.69, 9.17) is 4.74 Å². The highest BCUT2D eigenvalue weighted by Gasteiger charge is 2.12. The molecule has 16 heavy (non-hydrogen) atoms. The Morgan fingerprint density at radius 1 is 1.50 bits per heavy atom. The molecule has 0 atom stereocenters. The van der Waals surface area contributed by atoms with Crippen LogP contribution in [0.1, 0.15) is 15.2 Å². The molecule has 0 unspecified atom stereocenters. The lowest BCUT2D eigenvalue weighted by molar-refractivity contribution is 0.0990. The summed E-state index contributed by atoms with van der Waals surface area (Å²) in [5.74, 6) is 0.589. The molecule has 3 nitrogen and oxygen atoms in total. The molecule has 0 aliphatic rings. The quantitative estimate of drug-likeness (QED) is 0.762. The van der Waals surface area contributed by atoms with Crippen molar-refractivity contribution in [3.8, 4) is 5.75 Å². The van der Waals surface area contributed by atoms with E-state index >= 15 is 0 Å². The molecule has 0 spiro atoms. The number of thiophene rings is 1. The second-order valence-corrected chi connectivity index (χ2v) is 4.29. The van der Waals surface area contributed by atoms with E-state index < -0.39 is 0 Å². The number of ketones is 1. The second kappa shape index (κ2) is 4.90. The van der Waals surface area contributed by atoms with Crippen LogP contribution in [0.25, 0.3) is 0 Å². The van der Waals surface area contributed by atoms with E-state index in [0.29, 0.717) is 17.7 Å². The molecule has 0 amide bonds. The third kappa shape index (κ3) is 2.28. The van der Waals surface area contributed by atoms with Crippen LogP contribution in [0, 0.1) is 0 Å². The van der Waals surface area contributed by atoms with Crippen LogP contribution in [0.4, 0.5) is 0 Å². The van der Waals surface area contributed by atoms with Crippen molar-refractivity contribution in [1.82, 2.24) is 4.98 Å².